The molecule has 0 aliphatic heterocycles. The van der Waals surface area contributed by atoms with Crippen LogP contribution in [0.5, 0.6) is 0 Å². The molecule has 4 nitrogen and oxygen atoms in total. The summed E-state index contributed by atoms with van der Waals surface area (Å²) in [5, 5.41) is 2.87. The van der Waals surface area contributed by atoms with Gasteiger partial charge in [-0.2, -0.15) is 0 Å². The molecule has 0 bridgehead atoms. The number of carbonyl (C=O) groups is 2. The molecule has 0 spiro atoms. The maximum absolute atomic E-state index is 12.4. The van der Waals surface area contributed by atoms with Crippen molar-refractivity contribution < 1.29 is 14.3 Å². The van der Waals surface area contributed by atoms with Crippen LogP contribution in [0.1, 0.15) is 49.0 Å². The Morgan fingerprint density at radius 3 is 2.36 bits per heavy atom. The molecule has 0 aliphatic rings. The lowest BCUT2D eigenvalue weighted by atomic mass is 9.97. The number of benzene rings is 2. The van der Waals surface area contributed by atoms with E-state index in [1.54, 1.807) is 31.2 Å². The van der Waals surface area contributed by atoms with Crippen molar-refractivity contribution in [3.63, 3.8) is 0 Å². The highest BCUT2D eigenvalue weighted by atomic mass is 79.9. The molecule has 0 saturated heterocycles. The molecule has 0 aliphatic carbocycles. The molecule has 25 heavy (non-hydrogen) atoms. The molecule has 5 heteroatoms. The number of amides is 1. The summed E-state index contributed by atoms with van der Waals surface area (Å²) in [5.74, 6) is -0.538. The Morgan fingerprint density at radius 1 is 1.08 bits per heavy atom. The molecule has 0 saturated carbocycles. The summed E-state index contributed by atoms with van der Waals surface area (Å²) in [4.78, 5) is 24.5. The van der Waals surface area contributed by atoms with E-state index in [1.807, 2.05) is 24.3 Å². The van der Waals surface area contributed by atoms with Gasteiger partial charge in [0.05, 0.1) is 5.56 Å². The predicted molar refractivity (Wildman–Crippen MR) is 103 cm³/mol. The Hall–Kier alpha value is -2.14. The minimum absolute atomic E-state index is 0.331. The highest BCUT2D eigenvalue weighted by molar-refractivity contribution is 9.10. The van der Waals surface area contributed by atoms with E-state index in [0.717, 1.165) is 22.1 Å². The number of nitrogens with one attached hydrogen (secondary N) is 1. The first kappa shape index (κ1) is 19.2. The Kier molecular flexibility index (Phi) is 6.76. The van der Waals surface area contributed by atoms with Crippen LogP contribution in [-0.4, -0.2) is 18.0 Å². The van der Waals surface area contributed by atoms with Gasteiger partial charge in [-0.15, -0.1) is 0 Å². The Morgan fingerprint density at radius 2 is 1.72 bits per heavy atom. The van der Waals surface area contributed by atoms with Gasteiger partial charge in [-0.05, 0) is 55.2 Å². The zero-order valence-corrected chi connectivity index (χ0v) is 16.2. The van der Waals surface area contributed by atoms with Crippen molar-refractivity contribution in [3.05, 3.63) is 64.1 Å². The van der Waals surface area contributed by atoms with Crippen molar-refractivity contribution in [2.24, 2.45) is 0 Å². The summed E-state index contributed by atoms with van der Waals surface area (Å²) in [6.07, 6.45) is 0.0854. The topological polar surface area (TPSA) is 55.4 Å². The third-order valence-corrected chi connectivity index (χ3v) is 4.62. The van der Waals surface area contributed by atoms with Crippen LogP contribution in [0, 0.1) is 0 Å². The van der Waals surface area contributed by atoms with Crippen LogP contribution < -0.4 is 5.32 Å². The SMILES string of the molecule is CC[C@@H](C)c1ccccc1NC(=O)[C@H](C)OC(=O)c1ccc(Br)cc1. The first-order valence-electron chi connectivity index (χ1n) is 8.28. The standard InChI is InChI=1S/C20H22BrNO3/c1-4-13(2)17-7-5-6-8-18(17)22-19(23)14(3)25-20(24)15-9-11-16(21)12-10-15/h5-14H,4H2,1-3H3,(H,22,23)/t13-,14+/m1/s1. The monoisotopic (exact) mass is 403 g/mol. The normalized spacial score (nSPS) is 13.0. The zero-order valence-electron chi connectivity index (χ0n) is 14.6. The first-order valence-corrected chi connectivity index (χ1v) is 9.08. The van der Waals surface area contributed by atoms with Crippen LogP contribution in [0.15, 0.2) is 53.0 Å². The van der Waals surface area contributed by atoms with Crippen LogP contribution in [-0.2, 0) is 9.53 Å². The van der Waals surface area contributed by atoms with Crippen molar-refractivity contribution in [2.75, 3.05) is 5.32 Å². The molecule has 0 radical (unpaired) electrons. The second-order valence-electron chi connectivity index (χ2n) is 5.94. The van der Waals surface area contributed by atoms with E-state index in [2.05, 4.69) is 35.1 Å². The molecule has 2 aromatic carbocycles. The maximum Gasteiger partial charge on any atom is 0.338 e. The van der Waals surface area contributed by atoms with E-state index >= 15 is 0 Å². The smallest absolute Gasteiger partial charge is 0.338 e. The zero-order chi connectivity index (χ0) is 18.4. The average Bonchev–Trinajstić information content (AvgIpc) is 2.61. The minimum Gasteiger partial charge on any atom is -0.449 e. The minimum atomic E-state index is -0.888. The third-order valence-electron chi connectivity index (χ3n) is 4.09. The van der Waals surface area contributed by atoms with E-state index in [1.165, 1.54) is 0 Å². The molecule has 1 N–H and O–H groups in total. The largest absolute Gasteiger partial charge is 0.449 e. The van der Waals surface area contributed by atoms with Crippen molar-refractivity contribution in [3.8, 4) is 0 Å². The van der Waals surface area contributed by atoms with Crippen molar-refractivity contribution in [1.29, 1.82) is 0 Å². The van der Waals surface area contributed by atoms with Crippen molar-refractivity contribution in [2.45, 2.75) is 39.2 Å². The Bertz CT molecular complexity index is 743. The van der Waals surface area contributed by atoms with Gasteiger partial charge < -0.3 is 10.1 Å². The molecule has 2 rings (SSSR count). The molecule has 0 aromatic heterocycles. The molecule has 1 amide bonds. The van der Waals surface area contributed by atoms with E-state index < -0.39 is 12.1 Å². The number of halogens is 1. The molecule has 2 atom stereocenters. The predicted octanol–water partition coefficient (Wildman–Crippen LogP) is 5.15. The highest BCUT2D eigenvalue weighted by Gasteiger charge is 2.20. The van der Waals surface area contributed by atoms with Crippen LogP contribution in [0.25, 0.3) is 0 Å². The Labute approximate surface area is 156 Å². The molecule has 132 valence electrons. The van der Waals surface area contributed by atoms with Crippen LogP contribution >= 0.6 is 15.9 Å². The second-order valence-corrected chi connectivity index (χ2v) is 6.86. The fourth-order valence-electron chi connectivity index (χ4n) is 2.36. The van der Waals surface area contributed by atoms with Gasteiger partial charge in [-0.1, -0.05) is 48.0 Å². The second kappa shape index (κ2) is 8.81. The van der Waals surface area contributed by atoms with Gasteiger partial charge in [0.15, 0.2) is 6.10 Å². The molecular weight excluding hydrogens is 382 g/mol. The van der Waals surface area contributed by atoms with Crippen molar-refractivity contribution >= 4 is 33.5 Å². The van der Waals surface area contributed by atoms with Gasteiger partial charge >= 0.3 is 5.97 Å². The van der Waals surface area contributed by atoms with Gasteiger partial charge in [0.25, 0.3) is 5.91 Å². The number of para-hydroxylation sites is 1. The van der Waals surface area contributed by atoms with Gasteiger partial charge in [-0.25, -0.2) is 4.79 Å². The van der Waals surface area contributed by atoms with Crippen LogP contribution in [0.3, 0.4) is 0 Å². The van der Waals surface area contributed by atoms with Crippen LogP contribution in [0.2, 0.25) is 0 Å². The lowest BCUT2D eigenvalue weighted by molar-refractivity contribution is -0.123. The summed E-state index contributed by atoms with van der Waals surface area (Å²) in [6.45, 7) is 5.78. The lowest BCUT2D eigenvalue weighted by Crippen LogP contribution is -2.30. The summed E-state index contributed by atoms with van der Waals surface area (Å²) in [7, 11) is 0. The summed E-state index contributed by atoms with van der Waals surface area (Å²) in [5.41, 5.74) is 2.24. The summed E-state index contributed by atoms with van der Waals surface area (Å²) < 4.78 is 6.14. The van der Waals surface area contributed by atoms with Crippen LogP contribution in [0.4, 0.5) is 5.69 Å². The van der Waals surface area contributed by atoms with E-state index in [0.29, 0.717) is 11.5 Å². The van der Waals surface area contributed by atoms with E-state index in [9.17, 15) is 9.59 Å². The lowest BCUT2D eigenvalue weighted by Gasteiger charge is -2.18. The van der Waals surface area contributed by atoms with Gasteiger partial charge in [0.2, 0.25) is 0 Å². The Balaban J connectivity index is 2.03. The average molecular weight is 404 g/mol. The van der Waals surface area contributed by atoms with E-state index in [4.69, 9.17) is 4.74 Å². The third kappa shape index (κ3) is 5.16. The number of anilines is 1. The van der Waals surface area contributed by atoms with Gasteiger partial charge in [0.1, 0.15) is 0 Å². The number of hydrogen-bond acceptors (Lipinski definition) is 3. The molecule has 0 fully saturated rings. The van der Waals surface area contributed by atoms with Crippen molar-refractivity contribution in [1.82, 2.24) is 0 Å². The number of rotatable bonds is 6. The summed E-state index contributed by atoms with van der Waals surface area (Å²) >= 11 is 3.31. The fourth-order valence-corrected chi connectivity index (χ4v) is 2.63. The number of hydrogen-bond donors (Lipinski definition) is 1. The number of esters is 1. The maximum atomic E-state index is 12.4. The first-order chi connectivity index (χ1) is 11.9. The molecule has 0 unspecified atom stereocenters. The number of carbonyl (C=O) groups excluding carboxylic acids is 2. The van der Waals surface area contributed by atoms with Gasteiger partial charge in [-0.3, -0.25) is 4.79 Å². The number of ether oxygens (including phenoxy) is 1. The van der Waals surface area contributed by atoms with E-state index in [-0.39, 0.29) is 5.91 Å². The molecular formula is C20H22BrNO3. The molecule has 0 heterocycles. The quantitative estimate of drug-likeness (QED) is 0.678. The fraction of sp³-hybridized carbons (Fsp3) is 0.300. The highest BCUT2D eigenvalue weighted by Crippen LogP contribution is 2.26. The molecule has 2 aromatic rings. The van der Waals surface area contributed by atoms with Gasteiger partial charge in [0, 0.05) is 10.2 Å². The summed E-state index contributed by atoms with van der Waals surface area (Å²) in [6, 6.07) is 14.5.